The molecule has 0 heterocycles. The second-order valence-corrected chi connectivity index (χ2v) is 7.44. The van der Waals surface area contributed by atoms with Gasteiger partial charge in [-0.15, -0.1) is 0 Å². The Hall–Kier alpha value is -1.17. The molecular weight excluding hydrogens is 249 g/mol. The van der Waals surface area contributed by atoms with Gasteiger partial charge in [-0.05, 0) is 30.6 Å². The lowest BCUT2D eigenvalue weighted by Gasteiger charge is -2.24. The van der Waals surface area contributed by atoms with E-state index in [2.05, 4.69) is 74.5 Å². The zero-order chi connectivity index (χ0) is 13.7. The molecular formula is C17H22NP. The fourth-order valence-corrected chi connectivity index (χ4v) is 4.62. The fraction of sp³-hybridized carbons (Fsp3) is 0.294. The molecule has 100 valence electrons. The van der Waals surface area contributed by atoms with Gasteiger partial charge in [-0.1, -0.05) is 74.5 Å². The summed E-state index contributed by atoms with van der Waals surface area (Å²) in [5.41, 5.74) is 6.31. The second kappa shape index (κ2) is 6.84. The minimum atomic E-state index is -0.348. The highest BCUT2D eigenvalue weighted by Gasteiger charge is 2.18. The summed E-state index contributed by atoms with van der Waals surface area (Å²) in [7, 11) is -0.348. The fourth-order valence-electron chi connectivity index (χ4n) is 2.00. The van der Waals surface area contributed by atoms with E-state index in [9.17, 15) is 0 Å². The Morgan fingerprint density at radius 2 is 1.26 bits per heavy atom. The molecule has 0 aliphatic heterocycles. The zero-order valence-corrected chi connectivity index (χ0v) is 12.6. The molecule has 2 aromatic carbocycles. The van der Waals surface area contributed by atoms with Gasteiger partial charge in [0.15, 0.2) is 0 Å². The van der Waals surface area contributed by atoms with Gasteiger partial charge in [-0.2, -0.15) is 0 Å². The molecule has 0 bridgehead atoms. The zero-order valence-electron chi connectivity index (χ0n) is 11.7. The van der Waals surface area contributed by atoms with Crippen LogP contribution in [0, 0.1) is 5.92 Å². The Morgan fingerprint density at radius 1 is 0.842 bits per heavy atom. The van der Waals surface area contributed by atoms with Gasteiger partial charge < -0.3 is 5.73 Å². The molecule has 0 spiro atoms. The average molecular weight is 271 g/mol. The Bertz CT molecular complexity index is 442. The first kappa shape index (κ1) is 14.2. The molecule has 0 aromatic heterocycles. The highest BCUT2D eigenvalue weighted by Crippen LogP contribution is 2.34. The average Bonchev–Trinajstić information content (AvgIpc) is 2.46. The van der Waals surface area contributed by atoms with Crippen molar-refractivity contribution in [1.82, 2.24) is 0 Å². The van der Waals surface area contributed by atoms with Crippen molar-refractivity contribution in [1.29, 1.82) is 0 Å². The van der Waals surface area contributed by atoms with Gasteiger partial charge in [0, 0.05) is 6.04 Å². The Balaban J connectivity index is 2.29. The van der Waals surface area contributed by atoms with Crippen molar-refractivity contribution in [2.24, 2.45) is 11.7 Å². The van der Waals surface area contributed by atoms with Crippen LogP contribution in [0.25, 0.3) is 0 Å². The summed E-state index contributed by atoms with van der Waals surface area (Å²) in [4.78, 5) is 0. The van der Waals surface area contributed by atoms with E-state index in [-0.39, 0.29) is 14.0 Å². The predicted octanol–water partition coefficient (Wildman–Crippen LogP) is 3.10. The van der Waals surface area contributed by atoms with E-state index < -0.39 is 0 Å². The van der Waals surface area contributed by atoms with Gasteiger partial charge in [0.25, 0.3) is 0 Å². The Morgan fingerprint density at radius 3 is 1.63 bits per heavy atom. The minimum absolute atomic E-state index is 0.256. The SMILES string of the molecule is CC(C)[C@@H](N)CP(c1ccccc1)c1ccccc1. The third-order valence-electron chi connectivity index (χ3n) is 3.39. The molecule has 1 atom stereocenters. The molecule has 2 aromatic rings. The molecule has 2 N–H and O–H groups in total. The van der Waals surface area contributed by atoms with Gasteiger partial charge in [-0.25, -0.2) is 0 Å². The third-order valence-corrected chi connectivity index (χ3v) is 6.02. The summed E-state index contributed by atoms with van der Waals surface area (Å²) in [6.45, 7) is 4.41. The number of hydrogen-bond acceptors (Lipinski definition) is 1. The van der Waals surface area contributed by atoms with Crippen molar-refractivity contribution >= 4 is 18.5 Å². The highest BCUT2D eigenvalue weighted by molar-refractivity contribution is 7.73. The summed E-state index contributed by atoms with van der Waals surface area (Å²) in [5.74, 6) is 0.525. The van der Waals surface area contributed by atoms with Crippen LogP contribution in [0.1, 0.15) is 13.8 Å². The molecule has 0 unspecified atom stereocenters. The normalized spacial score (nSPS) is 12.9. The lowest BCUT2D eigenvalue weighted by atomic mass is 10.1. The molecule has 0 aliphatic carbocycles. The Kier molecular flexibility index (Phi) is 5.13. The van der Waals surface area contributed by atoms with Crippen LogP contribution in [0.15, 0.2) is 60.7 Å². The van der Waals surface area contributed by atoms with E-state index in [0.29, 0.717) is 5.92 Å². The van der Waals surface area contributed by atoms with E-state index in [4.69, 9.17) is 5.73 Å². The number of hydrogen-bond donors (Lipinski definition) is 1. The largest absolute Gasteiger partial charge is 0.327 e. The van der Waals surface area contributed by atoms with Crippen LogP contribution in [0.2, 0.25) is 0 Å². The Labute approximate surface area is 117 Å². The number of nitrogens with two attached hydrogens (primary N) is 1. The summed E-state index contributed by atoms with van der Waals surface area (Å²) in [6, 6.07) is 21.8. The highest BCUT2D eigenvalue weighted by atomic mass is 31.1. The summed E-state index contributed by atoms with van der Waals surface area (Å²) in [6.07, 6.45) is 1.06. The first-order valence-corrected chi connectivity index (χ1v) is 8.34. The summed E-state index contributed by atoms with van der Waals surface area (Å²) in [5, 5.41) is 2.83. The van der Waals surface area contributed by atoms with Gasteiger partial charge in [0.1, 0.15) is 0 Å². The summed E-state index contributed by atoms with van der Waals surface area (Å²) < 4.78 is 0. The van der Waals surface area contributed by atoms with Crippen LogP contribution in [0.4, 0.5) is 0 Å². The van der Waals surface area contributed by atoms with E-state index in [1.807, 2.05) is 0 Å². The predicted molar refractivity (Wildman–Crippen MR) is 86.8 cm³/mol. The maximum Gasteiger partial charge on any atom is 0.0107 e. The van der Waals surface area contributed by atoms with Crippen LogP contribution >= 0.6 is 7.92 Å². The molecule has 0 amide bonds. The van der Waals surface area contributed by atoms with Gasteiger partial charge >= 0.3 is 0 Å². The maximum absolute atomic E-state index is 6.31. The smallest absolute Gasteiger partial charge is 0.0107 e. The van der Waals surface area contributed by atoms with Crippen LogP contribution < -0.4 is 16.3 Å². The maximum atomic E-state index is 6.31. The first-order valence-electron chi connectivity index (χ1n) is 6.81. The molecule has 2 heteroatoms. The van der Waals surface area contributed by atoms with Gasteiger partial charge in [0.2, 0.25) is 0 Å². The second-order valence-electron chi connectivity index (χ2n) is 5.19. The molecule has 0 fully saturated rings. The van der Waals surface area contributed by atoms with E-state index >= 15 is 0 Å². The molecule has 0 saturated heterocycles. The van der Waals surface area contributed by atoms with E-state index in [1.165, 1.54) is 10.6 Å². The van der Waals surface area contributed by atoms with Crippen molar-refractivity contribution in [2.45, 2.75) is 19.9 Å². The van der Waals surface area contributed by atoms with E-state index in [1.54, 1.807) is 0 Å². The molecule has 19 heavy (non-hydrogen) atoms. The third kappa shape index (κ3) is 3.89. The minimum Gasteiger partial charge on any atom is -0.327 e. The molecule has 1 nitrogen and oxygen atoms in total. The standard InChI is InChI=1S/C17H22NP/c1-14(2)17(18)13-19(15-9-5-3-6-10-15)16-11-7-4-8-12-16/h3-12,14,17H,13,18H2,1-2H3/t17-/m0/s1. The van der Waals surface area contributed by atoms with Crippen LogP contribution in [0.3, 0.4) is 0 Å². The quantitative estimate of drug-likeness (QED) is 0.831. The van der Waals surface area contributed by atoms with Crippen LogP contribution in [-0.4, -0.2) is 12.2 Å². The van der Waals surface area contributed by atoms with Crippen molar-refractivity contribution in [2.75, 3.05) is 6.16 Å². The lowest BCUT2D eigenvalue weighted by molar-refractivity contribution is 0.534. The topological polar surface area (TPSA) is 26.0 Å². The summed E-state index contributed by atoms with van der Waals surface area (Å²) >= 11 is 0. The number of rotatable bonds is 5. The number of benzene rings is 2. The molecule has 0 saturated carbocycles. The van der Waals surface area contributed by atoms with Gasteiger partial charge in [0.05, 0.1) is 0 Å². The monoisotopic (exact) mass is 271 g/mol. The van der Waals surface area contributed by atoms with Crippen molar-refractivity contribution < 1.29 is 0 Å². The van der Waals surface area contributed by atoms with Crippen LogP contribution in [-0.2, 0) is 0 Å². The van der Waals surface area contributed by atoms with Crippen molar-refractivity contribution in [3.63, 3.8) is 0 Å². The van der Waals surface area contributed by atoms with Gasteiger partial charge in [-0.3, -0.25) is 0 Å². The molecule has 2 rings (SSSR count). The van der Waals surface area contributed by atoms with Crippen molar-refractivity contribution in [3.8, 4) is 0 Å². The molecule has 0 radical (unpaired) electrons. The van der Waals surface area contributed by atoms with E-state index in [0.717, 1.165) is 6.16 Å². The molecule has 0 aliphatic rings. The first-order chi connectivity index (χ1) is 9.18. The van der Waals surface area contributed by atoms with Crippen molar-refractivity contribution in [3.05, 3.63) is 60.7 Å². The van der Waals surface area contributed by atoms with Crippen LogP contribution in [0.5, 0.6) is 0 Å². The lowest BCUT2D eigenvalue weighted by Crippen LogP contribution is -2.32.